The van der Waals surface area contributed by atoms with Crippen LogP contribution in [0.4, 0.5) is 0 Å². The van der Waals surface area contributed by atoms with Gasteiger partial charge in [-0.2, -0.15) is 0 Å². The highest BCUT2D eigenvalue weighted by Crippen LogP contribution is 2.21. The fourth-order valence-electron chi connectivity index (χ4n) is 1.30. The smallest absolute Gasteiger partial charge is 0.267 e. The maximum Gasteiger partial charge on any atom is 0.267 e. The van der Waals surface area contributed by atoms with E-state index in [9.17, 15) is 9.90 Å². The Labute approximate surface area is 115 Å². The molecule has 0 saturated carbocycles. The number of H-pyrrole nitrogens is 1. The van der Waals surface area contributed by atoms with Crippen LogP contribution in [0.2, 0.25) is 10.2 Å². The zero-order chi connectivity index (χ0) is 13.8. The topological polar surface area (TPSA) is 74.3 Å². The van der Waals surface area contributed by atoms with Gasteiger partial charge in [-0.15, -0.1) is 0 Å². The van der Waals surface area contributed by atoms with E-state index in [1.807, 2.05) is 0 Å². The Hall–Kier alpha value is -0.750. The number of aromatic nitrogens is 1. The summed E-state index contributed by atoms with van der Waals surface area (Å²) in [5, 5.41) is 13.0. The minimum Gasteiger partial charge on any atom is -0.388 e. The van der Waals surface area contributed by atoms with Gasteiger partial charge >= 0.3 is 0 Å². The first-order chi connectivity index (χ1) is 8.35. The number of methoxy groups -OCH3 is 1. The zero-order valence-electron chi connectivity index (χ0n) is 10.2. The van der Waals surface area contributed by atoms with Crippen LogP contribution in [0.5, 0.6) is 0 Å². The number of hydrogen-bond acceptors (Lipinski definition) is 3. The molecule has 0 aliphatic rings. The maximum absolute atomic E-state index is 11.7. The van der Waals surface area contributed by atoms with Crippen LogP contribution in [0.1, 0.15) is 23.8 Å². The number of aromatic amines is 1. The molecule has 1 rings (SSSR count). The van der Waals surface area contributed by atoms with Crippen LogP contribution in [0.15, 0.2) is 6.07 Å². The van der Waals surface area contributed by atoms with Crippen LogP contribution < -0.4 is 5.32 Å². The molecule has 1 heterocycles. The van der Waals surface area contributed by atoms with Crippen LogP contribution in [-0.4, -0.2) is 41.9 Å². The van der Waals surface area contributed by atoms with Crippen LogP contribution in [0, 0.1) is 0 Å². The molecule has 0 radical (unpaired) electrons. The highest BCUT2D eigenvalue weighted by molar-refractivity contribution is 6.41. The molecule has 0 spiro atoms. The quantitative estimate of drug-likeness (QED) is 0.749. The molecule has 0 bridgehead atoms. The van der Waals surface area contributed by atoms with Gasteiger partial charge in [0, 0.05) is 26.7 Å². The van der Waals surface area contributed by atoms with Crippen LogP contribution in [0.25, 0.3) is 0 Å². The number of ether oxygens (including phenoxy) is 1. The van der Waals surface area contributed by atoms with Gasteiger partial charge in [0.25, 0.3) is 5.91 Å². The Balaban J connectivity index is 2.50. The van der Waals surface area contributed by atoms with Crippen molar-refractivity contribution in [2.75, 3.05) is 20.3 Å². The van der Waals surface area contributed by atoms with Gasteiger partial charge in [0.2, 0.25) is 0 Å². The van der Waals surface area contributed by atoms with E-state index >= 15 is 0 Å². The molecule has 0 aliphatic carbocycles. The summed E-state index contributed by atoms with van der Waals surface area (Å²) in [6.45, 7) is 2.16. The van der Waals surface area contributed by atoms with Crippen molar-refractivity contribution in [1.82, 2.24) is 10.3 Å². The van der Waals surface area contributed by atoms with Gasteiger partial charge in [-0.25, -0.2) is 0 Å². The van der Waals surface area contributed by atoms with Crippen molar-refractivity contribution >= 4 is 29.1 Å². The minimum atomic E-state index is -1.02. The lowest BCUT2D eigenvalue weighted by Crippen LogP contribution is -2.41. The van der Waals surface area contributed by atoms with Crippen LogP contribution >= 0.6 is 23.2 Å². The summed E-state index contributed by atoms with van der Waals surface area (Å²) in [6, 6.07) is 1.43. The molecule has 18 heavy (non-hydrogen) atoms. The van der Waals surface area contributed by atoms with Crippen molar-refractivity contribution in [1.29, 1.82) is 0 Å². The molecule has 0 aliphatic heterocycles. The number of halogens is 2. The van der Waals surface area contributed by atoms with Gasteiger partial charge in [0.15, 0.2) is 0 Å². The maximum atomic E-state index is 11.7. The number of amides is 1. The molecule has 5 nitrogen and oxygen atoms in total. The SMILES string of the molecule is COCCC(C)(O)CNC(=O)c1cc(Cl)c(Cl)[nH]1. The summed E-state index contributed by atoms with van der Waals surface area (Å²) in [5.74, 6) is -0.374. The lowest BCUT2D eigenvalue weighted by atomic mass is 10.0. The Morgan fingerprint density at radius 2 is 2.28 bits per heavy atom. The Morgan fingerprint density at radius 1 is 1.61 bits per heavy atom. The molecule has 0 saturated heterocycles. The summed E-state index contributed by atoms with van der Waals surface area (Å²) in [5.41, 5.74) is -0.765. The van der Waals surface area contributed by atoms with Gasteiger partial charge in [0.05, 0.1) is 10.6 Å². The van der Waals surface area contributed by atoms with E-state index in [1.54, 1.807) is 14.0 Å². The first kappa shape index (κ1) is 15.3. The normalized spacial score (nSPS) is 14.3. The second-order valence-electron chi connectivity index (χ2n) is 4.27. The summed E-state index contributed by atoms with van der Waals surface area (Å²) < 4.78 is 4.87. The number of carbonyl (C=O) groups is 1. The molecule has 1 amide bonds. The van der Waals surface area contributed by atoms with E-state index in [0.717, 1.165) is 0 Å². The highest BCUT2D eigenvalue weighted by Gasteiger charge is 2.21. The van der Waals surface area contributed by atoms with Gasteiger partial charge in [-0.05, 0) is 13.0 Å². The largest absolute Gasteiger partial charge is 0.388 e. The monoisotopic (exact) mass is 294 g/mol. The van der Waals surface area contributed by atoms with E-state index in [-0.39, 0.29) is 28.3 Å². The molecular weight excluding hydrogens is 279 g/mol. The first-order valence-corrected chi connectivity index (χ1v) is 6.15. The minimum absolute atomic E-state index is 0.115. The average Bonchev–Trinajstić information content (AvgIpc) is 2.64. The number of aliphatic hydroxyl groups is 1. The summed E-state index contributed by atoms with van der Waals surface area (Å²) >= 11 is 11.4. The number of carbonyl (C=O) groups excluding carboxylic acids is 1. The standard InChI is InChI=1S/C11H16Cl2N2O3/c1-11(17,3-4-18-2)6-14-10(16)8-5-7(12)9(13)15-8/h5,15,17H,3-4,6H2,1-2H3,(H,14,16). The summed E-state index contributed by atoms with van der Waals surface area (Å²) in [6.07, 6.45) is 0.427. The van der Waals surface area contributed by atoms with E-state index < -0.39 is 5.60 Å². The fraction of sp³-hybridized carbons (Fsp3) is 0.545. The molecule has 1 unspecified atom stereocenters. The zero-order valence-corrected chi connectivity index (χ0v) is 11.7. The van der Waals surface area contributed by atoms with Crippen molar-refractivity contribution in [2.24, 2.45) is 0 Å². The average molecular weight is 295 g/mol. The molecule has 0 aromatic carbocycles. The number of hydrogen-bond donors (Lipinski definition) is 3. The van der Waals surface area contributed by atoms with Crippen molar-refractivity contribution in [2.45, 2.75) is 18.9 Å². The molecule has 1 aromatic heterocycles. The number of nitrogens with one attached hydrogen (secondary N) is 2. The van der Waals surface area contributed by atoms with Gasteiger partial charge in [-0.3, -0.25) is 4.79 Å². The first-order valence-electron chi connectivity index (χ1n) is 5.39. The third-order valence-corrected chi connectivity index (χ3v) is 3.14. The third-order valence-electron chi connectivity index (χ3n) is 2.44. The lowest BCUT2D eigenvalue weighted by molar-refractivity contribution is 0.0243. The van der Waals surface area contributed by atoms with Crippen molar-refractivity contribution in [3.63, 3.8) is 0 Å². The molecule has 1 atom stereocenters. The van der Waals surface area contributed by atoms with Crippen molar-refractivity contribution < 1.29 is 14.6 Å². The van der Waals surface area contributed by atoms with E-state index in [0.29, 0.717) is 13.0 Å². The van der Waals surface area contributed by atoms with Crippen LogP contribution in [0.3, 0.4) is 0 Å². The van der Waals surface area contributed by atoms with Gasteiger partial charge in [-0.1, -0.05) is 23.2 Å². The Morgan fingerprint density at radius 3 is 2.78 bits per heavy atom. The number of rotatable bonds is 6. The molecular formula is C11H16Cl2N2O3. The second-order valence-corrected chi connectivity index (χ2v) is 5.05. The molecule has 0 fully saturated rings. The van der Waals surface area contributed by atoms with Crippen molar-refractivity contribution in [3.05, 3.63) is 21.9 Å². The van der Waals surface area contributed by atoms with Crippen molar-refractivity contribution in [3.8, 4) is 0 Å². The second kappa shape index (κ2) is 6.43. The Kier molecular flexibility index (Phi) is 5.47. The third kappa shape index (κ3) is 4.49. The predicted octanol–water partition coefficient (Wildman–Crippen LogP) is 1.84. The summed E-state index contributed by atoms with van der Waals surface area (Å²) in [4.78, 5) is 14.4. The molecule has 7 heteroatoms. The molecule has 3 N–H and O–H groups in total. The van der Waals surface area contributed by atoms with Gasteiger partial charge < -0.3 is 20.1 Å². The lowest BCUT2D eigenvalue weighted by Gasteiger charge is -2.22. The van der Waals surface area contributed by atoms with Gasteiger partial charge in [0.1, 0.15) is 10.8 Å². The Bertz CT molecular complexity index is 399. The van der Waals surface area contributed by atoms with E-state index in [4.69, 9.17) is 27.9 Å². The molecule has 1 aromatic rings. The van der Waals surface area contributed by atoms with E-state index in [2.05, 4.69) is 10.3 Å². The fourth-order valence-corrected chi connectivity index (χ4v) is 1.62. The van der Waals surface area contributed by atoms with E-state index in [1.165, 1.54) is 6.07 Å². The molecule has 102 valence electrons. The predicted molar refractivity (Wildman–Crippen MR) is 70.3 cm³/mol. The van der Waals surface area contributed by atoms with Crippen LogP contribution in [-0.2, 0) is 4.74 Å². The summed E-state index contributed by atoms with van der Waals surface area (Å²) in [7, 11) is 1.55. The highest BCUT2D eigenvalue weighted by atomic mass is 35.5.